The van der Waals surface area contributed by atoms with E-state index in [1.54, 1.807) is 4.90 Å². The lowest BCUT2D eigenvalue weighted by molar-refractivity contribution is -0.137. The van der Waals surface area contributed by atoms with Gasteiger partial charge in [-0.05, 0) is 54.4 Å². The van der Waals surface area contributed by atoms with E-state index in [4.69, 9.17) is 11.6 Å². The highest BCUT2D eigenvalue weighted by Crippen LogP contribution is 2.76. The van der Waals surface area contributed by atoms with E-state index in [1.165, 1.54) is 4.57 Å². The third-order valence-electron chi connectivity index (χ3n) is 7.13. The van der Waals surface area contributed by atoms with Crippen molar-refractivity contribution in [3.8, 4) is 11.1 Å². The number of aryl methyl sites for hydroxylation is 1. The number of nitrogens with zero attached hydrogens (tertiary/aromatic N) is 3. The molecular weight excluding hydrogens is 523 g/mol. The number of nitrogens with one attached hydrogen (secondary N) is 1. The minimum Gasteiger partial charge on any atom is -0.353 e. The van der Waals surface area contributed by atoms with E-state index in [9.17, 15) is 22.4 Å². The molecule has 4 heterocycles. The van der Waals surface area contributed by atoms with E-state index in [0.717, 1.165) is 18.2 Å². The molecule has 192 valence electrons. The van der Waals surface area contributed by atoms with E-state index in [0.29, 0.717) is 13.1 Å². The van der Waals surface area contributed by atoms with Crippen LogP contribution in [0.5, 0.6) is 0 Å². The van der Waals surface area contributed by atoms with Gasteiger partial charge in [0.15, 0.2) is 0 Å². The first-order chi connectivity index (χ1) is 16.9. The summed E-state index contributed by atoms with van der Waals surface area (Å²) in [6, 6.07) is 2.98. The molecule has 0 amide bonds. The van der Waals surface area contributed by atoms with Gasteiger partial charge in [-0.15, -0.1) is 0 Å². The van der Waals surface area contributed by atoms with Crippen LogP contribution in [0.4, 0.5) is 27.3 Å². The molecule has 6 rings (SSSR count). The molecule has 1 N–H and O–H groups in total. The van der Waals surface area contributed by atoms with E-state index in [-0.39, 0.29) is 73.5 Å². The molecule has 3 unspecified atom stereocenters. The fourth-order valence-corrected chi connectivity index (χ4v) is 9.09. The lowest BCUT2D eigenvalue weighted by atomic mass is 9.96. The topological polar surface area (TPSA) is 50.2 Å². The van der Waals surface area contributed by atoms with Crippen molar-refractivity contribution in [2.24, 2.45) is 0 Å². The number of alkyl halides is 3. The number of halogens is 6. The van der Waals surface area contributed by atoms with Crippen molar-refractivity contribution >= 4 is 38.7 Å². The summed E-state index contributed by atoms with van der Waals surface area (Å²) in [4.78, 5) is 19.0. The second-order valence-electron chi connectivity index (χ2n) is 9.74. The molecule has 12 heteroatoms. The summed E-state index contributed by atoms with van der Waals surface area (Å²) in [6.45, 7) is 4.82. The molecule has 0 spiro atoms. The van der Waals surface area contributed by atoms with Crippen LogP contribution in [0, 0.1) is 5.82 Å². The average molecular weight is 545 g/mol. The molecular formula is C24H22ClF5N4OS. The predicted octanol–water partition coefficient (Wildman–Crippen LogP) is 5.89. The molecule has 0 aliphatic carbocycles. The Morgan fingerprint density at radius 1 is 1.17 bits per heavy atom. The molecule has 0 radical (unpaired) electrons. The average Bonchev–Trinajstić information content (AvgIpc) is 2.91. The molecule has 3 atom stereocenters. The summed E-state index contributed by atoms with van der Waals surface area (Å²) < 4.78 is 76.6. The lowest BCUT2D eigenvalue weighted by Gasteiger charge is -2.37. The highest BCUT2D eigenvalue weighted by Gasteiger charge is 2.49. The van der Waals surface area contributed by atoms with E-state index >= 15 is 3.89 Å². The minimum absolute atomic E-state index is 0.000455. The SMILES string of the molecule is CC1CN(c2nc(=O)n3c4c5c(c(C(F)(F)F)cc24)-c2cc(Cl)c(F)cc2S5(F)CCC3)CC(C)N1. The van der Waals surface area contributed by atoms with Gasteiger partial charge in [0, 0.05) is 53.3 Å². The molecule has 36 heavy (non-hydrogen) atoms. The predicted molar refractivity (Wildman–Crippen MR) is 130 cm³/mol. The molecule has 3 aliphatic heterocycles. The first-order valence-electron chi connectivity index (χ1n) is 11.6. The zero-order valence-electron chi connectivity index (χ0n) is 19.3. The first kappa shape index (κ1) is 24.0. The van der Waals surface area contributed by atoms with Crippen molar-refractivity contribution in [3.05, 3.63) is 45.1 Å². The zero-order valence-corrected chi connectivity index (χ0v) is 20.9. The number of hydrogen-bond acceptors (Lipinski definition) is 4. The summed E-state index contributed by atoms with van der Waals surface area (Å²) in [7, 11) is -3.57. The lowest BCUT2D eigenvalue weighted by Crippen LogP contribution is -2.55. The molecule has 3 aliphatic rings. The van der Waals surface area contributed by atoms with Gasteiger partial charge in [0.25, 0.3) is 0 Å². The van der Waals surface area contributed by atoms with Gasteiger partial charge in [-0.3, -0.25) is 4.57 Å². The number of fused-ring (bicyclic) bond motifs is 3. The standard InChI is InChI=1S/C24H22ClF5N4OS/c1-11-9-33(10-12(2)31-11)22-14-6-15(24(27,28)29)19-13-7-16(25)17(26)8-18(13)36(30)5-3-4-34(23(35)32-22)20(14)21(19)36/h6-8,11-12,31H,3-5,9-10H2,1-2H3. The van der Waals surface area contributed by atoms with Gasteiger partial charge in [0.05, 0.1) is 21.0 Å². The van der Waals surface area contributed by atoms with Crippen LogP contribution in [0.1, 0.15) is 25.8 Å². The monoisotopic (exact) mass is 544 g/mol. The number of piperazine rings is 1. The van der Waals surface area contributed by atoms with Crippen molar-refractivity contribution in [2.45, 2.75) is 54.9 Å². The van der Waals surface area contributed by atoms with E-state index < -0.39 is 33.7 Å². The fourth-order valence-electron chi connectivity index (χ4n) is 5.88. The maximum absolute atomic E-state index is 17.1. The van der Waals surface area contributed by atoms with Crippen molar-refractivity contribution in [2.75, 3.05) is 23.7 Å². The van der Waals surface area contributed by atoms with Gasteiger partial charge in [-0.2, -0.15) is 22.0 Å². The third-order valence-corrected chi connectivity index (χ3v) is 10.4. The fraction of sp³-hybridized carbons (Fsp3) is 0.417. The Morgan fingerprint density at radius 2 is 1.86 bits per heavy atom. The molecule has 0 saturated carbocycles. The largest absolute Gasteiger partial charge is 0.417 e. The highest BCUT2D eigenvalue weighted by atomic mass is 35.5. The summed E-state index contributed by atoms with van der Waals surface area (Å²) in [5, 5.41) is 3.05. The zero-order chi connectivity index (χ0) is 25.7. The summed E-state index contributed by atoms with van der Waals surface area (Å²) in [6.07, 6.45) is -4.64. The van der Waals surface area contributed by atoms with Crippen LogP contribution in [-0.2, 0) is 12.7 Å². The first-order valence-corrected chi connectivity index (χ1v) is 13.7. The van der Waals surface area contributed by atoms with E-state index in [2.05, 4.69) is 10.3 Å². The number of aromatic nitrogens is 2. The Morgan fingerprint density at radius 3 is 2.53 bits per heavy atom. The van der Waals surface area contributed by atoms with Crippen LogP contribution < -0.4 is 15.9 Å². The Balaban J connectivity index is 1.79. The number of rotatable bonds is 1. The molecule has 2 aromatic carbocycles. The highest BCUT2D eigenvalue weighted by molar-refractivity contribution is 8.30. The summed E-state index contributed by atoms with van der Waals surface area (Å²) in [5.74, 6) is -0.898. The van der Waals surface area contributed by atoms with Crippen LogP contribution in [0.25, 0.3) is 22.0 Å². The van der Waals surface area contributed by atoms with E-state index in [1.807, 2.05) is 13.8 Å². The number of anilines is 1. The smallest absolute Gasteiger partial charge is 0.353 e. The molecule has 1 fully saturated rings. The van der Waals surface area contributed by atoms with Crippen LogP contribution >= 0.6 is 22.0 Å². The Hall–Kier alpha value is -2.37. The van der Waals surface area contributed by atoms with Gasteiger partial charge < -0.3 is 10.2 Å². The second kappa shape index (κ2) is 7.82. The van der Waals surface area contributed by atoms with Crippen molar-refractivity contribution in [1.29, 1.82) is 0 Å². The number of benzene rings is 2. The van der Waals surface area contributed by atoms with Crippen molar-refractivity contribution < 1.29 is 21.4 Å². The van der Waals surface area contributed by atoms with Gasteiger partial charge >= 0.3 is 11.9 Å². The van der Waals surface area contributed by atoms with Crippen molar-refractivity contribution in [3.63, 3.8) is 0 Å². The van der Waals surface area contributed by atoms with Crippen LogP contribution in [0.15, 0.2) is 32.8 Å². The normalized spacial score (nSPS) is 27.1. The maximum Gasteiger partial charge on any atom is 0.417 e. The van der Waals surface area contributed by atoms with Crippen LogP contribution in [0.2, 0.25) is 5.02 Å². The Labute approximate surface area is 209 Å². The van der Waals surface area contributed by atoms with Crippen LogP contribution in [0.3, 0.4) is 0 Å². The van der Waals surface area contributed by atoms with Gasteiger partial charge in [-0.1, -0.05) is 11.6 Å². The summed E-state index contributed by atoms with van der Waals surface area (Å²) in [5.41, 5.74) is -1.96. The summed E-state index contributed by atoms with van der Waals surface area (Å²) >= 11 is 5.96. The molecule has 1 saturated heterocycles. The Bertz CT molecular complexity index is 1500. The third kappa shape index (κ3) is 3.31. The van der Waals surface area contributed by atoms with Gasteiger partial charge in [0.2, 0.25) is 0 Å². The van der Waals surface area contributed by atoms with Crippen molar-refractivity contribution in [1.82, 2.24) is 14.9 Å². The molecule has 5 nitrogen and oxygen atoms in total. The maximum atomic E-state index is 17.1. The minimum atomic E-state index is -4.84. The number of hydrogen-bond donors (Lipinski definition) is 1. The molecule has 0 bridgehead atoms. The van der Waals surface area contributed by atoms with Crippen LogP contribution in [-0.4, -0.2) is 40.5 Å². The molecule has 3 aromatic rings. The Kier molecular flexibility index (Phi) is 5.21. The second-order valence-corrected chi connectivity index (χ2v) is 12.7. The molecule has 1 aromatic heterocycles. The van der Waals surface area contributed by atoms with Gasteiger partial charge in [-0.25, -0.2) is 9.18 Å². The quantitative estimate of drug-likeness (QED) is 0.388. The van der Waals surface area contributed by atoms with Gasteiger partial charge in [0.1, 0.15) is 11.6 Å².